The van der Waals surface area contributed by atoms with Crippen LogP contribution < -0.4 is 10.1 Å². The van der Waals surface area contributed by atoms with Crippen molar-refractivity contribution >= 4 is 33.7 Å². The lowest BCUT2D eigenvalue weighted by molar-refractivity contribution is -0.274. The fraction of sp³-hybridized carbons (Fsp3) is 0.176. The van der Waals surface area contributed by atoms with Crippen LogP contribution in [-0.4, -0.2) is 17.3 Å². The molecular weight excluding hydrogens is 385 g/mol. The number of benzene rings is 1. The molecule has 0 atom stereocenters. The van der Waals surface area contributed by atoms with Gasteiger partial charge in [-0.1, -0.05) is 18.2 Å². The van der Waals surface area contributed by atoms with Crippen molar-refractivity contribution in [3.8, 4) is 5.75 Å². The van der Waals surface area contributed by atoms with E-state index in [1.165, 1.54) is 34.8 Å². The molecule has 3 aromatic rings. The van der Waals surface area contributed by atoms with E-state index < -0.39 is 6.36 Å². The zero-order chi connectivity index (χ0) is 18.6. The molecule has 4 nitrogen and oxygen atoms in total. The zero-order valence-electron chi connectivity index (χ0n) is 13.2. The molecule has 0 aliphatic rings. The monoisotopic (exact) mass is 398 g/mol. The van der Waals surface area contributed by atoms with Gasteiger partial charge in [0.1, 0.15) is 5.75 Å². The van der Waals surface area contributed by atoms with Gasteiger partial charge in [-0.15, -0.1) is 35.8 Å². The summed E-state index contributed by atoms with van der Waals surface area (Å²) in [6, 6.07) is 9.45. The summed E-state index contributed by atoms with van der Waals surface area (Å²) in [5.41, 5.74) is 0.819. The number of carbonyl (C=O) groups is 1. The lowest BCUT2D eigenvalue weighted by Crippen LogP contribution is -2.17. The number of nitrogens with zero attached hydrogens (tertiary/aromatic N) is 1. The van der Waals surface area contributed by atoms with E-state index in [2.05, 4.69) is 15.0 Å². The maximum absolute atomic E-state index is 12.2. The molecule has 0 aliphatic carbocycles. The molecule has 9 heteroatoms. The SMILES string of the molecule is O=C(Cc1cccs1)Nc1ncc(Cc2ccc(OC(F)(F)F)cc2)s1. The summed E-state index contributed by atoms with van der Waals surface area (Å²) in [5.74, 6) is -0.394. The van der Waals surface area contributed by atoms with E-state index in [1.54, 1.807) is 18.3 Å². The molecule has 3 rings (SSSR count). The molecule has 0 spiro atoms. The number of thiazole rings is 1. The number of hydrogen-bond acceptors (Lipinski definition) is 5. The minimum absolute atomic E-state index is 0.137. The predicted octanol–water partition coefficient (Wildman–Crippen LogP) is 4.88. The normalized spacial score (nSPS) is 11.3. The number of carbonyl (C=O) groups excluding carboxylic acids is 1. The first-order chi connectivity index (χ1) is 12.4. The van der Waals surface area contributed by atoms with Crippen LogP contribution in [0.4, 0.5) is 18.3 Å². The molecule has 0 fully saturated rings. The molecule has 1 amide bonds. The van der Waals surface area contributed by atoms with Crippen molar-refractivity contribution in [1.29, 1.82) is 0 Å². The Bertz CT molecular complexity index is 859. The molecule has 1 aromatic carbocycles. The molecule has 1 N–H and O–H groups in total. The number of nitrogens with one attached hydrogen (secondary N) is 1. The fourth-order valence-corrected chi connectivity index (χ4v) is 3.76. The van der Waals surface area contributed by atoms with E-state index in [0.29, 0.717) is 18.0 Å². The summed E-state index contributed by atoms with van der Waals surface area (Å²) in [6.45, 7) is 0. The Hall–Kier alpha value is -2.39. The Kier molecular flexibility index (Phi) is 5.58. The van der Waals surface area contributed by atoms with Crippen LogP contribution in [0.5, 0.6) is 5.75 Å². The number of thiophene rings is 1. The van der Waals surface area contributed by atoms with Crippen LogP contribution in [0, 0.1) is 0 Å². The highest BCUT2D eigenvalue weighted by Gasteiger charge is 2.30. The number of halogens is 3. The van der Waals surface area contributed by atoms with Crippen molar-refractivity contribution < 1.29 is 22.7 Å². The maximum atomic E-state index is 12.2. The number of alkyl halides is 3. The first-order valence-corrected chi connectivity index (χ1v) is 9.18. The quantitative estimate of drug-likeness (QED) is 0.644. The second kappa shape index (κ2) is 7.88. The van der Waals surface area contributed by atoms with Crippen LogP contribution in [-0.2, 0) is 17.6 Å². The van der Waals surface area contributed by atoms with Gasteiger partial charge >= 0.3 is 6.36 Å². The summed E-state index contributed by atoms with van der Waals surface area (Å²) >= 11 is 2.85. The average Bonchev–Trinajstić information content (AvgIpc) is 3.20. The lowest BCUT2D eigenvalue weighted by Gasteiger charge is -2.08. The minimum atomic E-state index is -4.70. The number of aromatic nitrogens is 1. The second-order valence-electron chi connectivity index (χ2n) is 5.30. The van der Waals surface area contributed by atoms with Gasteiger partial charge in [0.2, 0.25) is 5.91 Å². The molecular formula is C17H13F3N2O2S2. The van der Waals surface area contributed by atoms with Crippen molar-refractivity contribution in [1.82, 2.24) is 4.98 Å². The fourth-order valence-electron chi connectivity index (χ4n) is 2.19. The highest BCUT2D eigenvalue weighted by Crippen LogP contribution is 2.25. The summed E-state index contributed by atoms with van der Waals surface area (Å²) in [7, 11) is 0. The van der Waals surface area contributed by atoms with Crippen LogP contribution in [0.25, 0.3) is 0 Å². The third-order valence-electron chi connectivity index (χ3n) is 3.25. The van der Waals surface area contributed by atoms with E-state index in [0.717, 1.165) is 15.3 Å². The Labute approximate surface area is 155 Å². The smallest absolute Gasteiger partial charge is 0.406 e. The molecule has 2 aromatic heterocycles. The Morgan fingerprint density at radius 3 is 2.58 bits per heavy atom. The van der Waals surface area contributed by atoms with Crippen LogP contribution in [0.1, 0.15) is 15.3 Å². The van der Waals surface area contributed by atoms with Gasteiger partial charge in [-0.3, -0.25) is 4.79 Å². The zero-order valence-corrected chi connectivity index (χ0v) is 14.9. The van der Waals surface area contributed by atoms with Crippen LogP contribution in [0.2, 0.25) is 0 Å². The summed E-state index contributed by atoms with van der Waals surface area (Å²) in [5, 5.41) is 5.16. The van der Waals surface area contributed by atoms with Gasteiger partial charge in [0.05, 0.1) is 6.42 Å². The van der Waals surface area contributed by atoms with E-state index in [1.807, 2.05) is 17.5 Å². The molecule has 0 saturated carbocycles. The molecule has 0 saturated heterocycles. The largest absolute Gasteiger partial charge is 0.573 e. The van der Waals surface area contributed by atoms with Gasteiger partial charge in [-0.25, -0.2) is 4.98 Å². The van der Waals surface area contributed by atoms with Crippen molar-refractivity contribution in [2.45, 2.75) is 19.2 Å². The second-order valence-corrected chi connectivity index (χ2v) is 7.45. The molecule has 136 valence electrons. The number of ether oxygens (including phenoxy) is 1. The molecule has 26 heavy (non-hydrogen) atoms. The average molecular weight is 398 g/mol. The Morgan fingerprint density at radius 2 is 1.92 bits per heavy atom. The minimum Gasteiger partial charge on any atom is -0.406 e. The van der Waals surface area contributed by atoms with Gasteiger partial charge in [0.15, 0.2) is 5.13 Å². The Morgan fingerprint density at radius 1 is 1.15 bits per heavy atom. The van der Waals surface area contributed by atoms with Crippen molar-refractivity contribution in [3.05, 3.63) is 63.3 Å². The number of anilines is 1. The highest BCUT2D eigenvalue weighted by molar-refractivity contribution is 7.15. The molecule has 0 bridgehead atoms. The van der Waals surface area contributed by atoms with Crippen LogP contribution in [0.15, 0.2) is 48.0 Å². The third-order valence-corrected chi connectivity index (χ3v) is 5.04. The lowest BCUT2D eigenvalue weighted by atomic mass is 10.1. The van der Waals surface area contributed by atoms with Crippen molar-refractivity contribution in [2.75, 3.05) is 5.32 Å². The van der Waals surface area contributed by atoms with Crippen LogP contribution in [0.3, 0.4) is 0 Å². The standard InChI is InChI=1S/C17H13F3N2O2S2/c18-17(19,20)24-12-5-3-11(4-6-12)8-14-10-21-16(26-14)22-15(23)9-13-2-1-7-25-13/h1-7,10H,8-9H2,(H,21,22,23). The third kappa shape index (κ3) is 5.57. The summed E-state index contributed by atoms with van der Waals surface area (Å²) < 4.78 is 40.3. The maximum Gasteiger partial charge on any atom is 0.573 e. The molecule has 0 radical (unpaired) electrons. The van der Waals surface area contributed by atoms with Gasteiger partial charge in [0.25, 0.3) is 0 Å². The summed E-state index contributed by atoms with van der Waals surface area (Å²) in [6.07, 6.45) is -2.25. The van der Waals surface area contributed by atoms with Gasteiger partial charge < -0.3 is 10.1 Å². The molecule has 0 aliphatic heterocycles. The van der Waals surface area contributed by atoms with Gasteiger partial charge in [-0.2, -0.15) is 0 Å². The number of amides is 1. The first-order valence-electron chi connectivity index (χ1n) is 7.49. The topological polar surface area (TPSA) is 51.2 Å². The van der Waals surface area contributed by atoms with E-state index in [9.17, 15) is 18.0 Å². The van der Waals surface area contributed by atoms with Crippen LogP contribution >= 0.6 is 22.7 Å². The molecule has 2 heterocycles. The summed E-state index contributed by atoms with van der Waals surface area (Å²) in [4.78, 5) is 18.0. The number of rotatable bonds is 6. The Balaban J connectivity index is 1.55. The van der Waals surface area contributed by atoms with E-state index in [4.69, 9.17) is 0 Å². The van der Waals surface area contributed by atoms with Crippen molar-refractivity contribution in [2.24, 2.45) is 0 Å². The highest BCUT2D eigenvalue weighted by atomic mass is 32.1. The van der Waals surface area contributed by atoms with Gasteiger partial charge in [-0.05, 0) is 29.1 Å². The first kappa shape index (κ1) is 18.4. The van der Waals surface area contributed by atoms with E-state index in [-0.39, 0.29) is 11.7 Å². The van der Waals surface area contributed by atoms with Gasteiger partial charge in [0, 0.05) is 22.4 Å². The van der Waals surface area contributed by atoms with E-state index >= 15 is 0 Å². The number of hydrogen-bond donors (Lipinski definition) is 1. The van der Waals surface area contributed by atoms with Crippen molar-refractivity contribution in [3.63, 3.8) is 0 Å². The predicted molar refractivity (Wildman–Crippen MR) is 94.7 cm³/mol. The molecule has 0 unspecified atom stereocenters.